The van der Waals surface area contributed by atoms with Gasteiger partial charge in [0.25, 0.3) is 0 Å². The number of aliphatic hydroxyl groups excluding tert-OH is 2. The molecular weight excluding hydrogens is 171 g/mol. The predicted molar refractivity (Wildman–Crippen MR) is 34.3 cm³/mol. The molecule has 0 aromatic heterocycles. The van der Waals surface area contributed by atoms with E-state index >= 15 is 0 Å². The molecule has 1 heterocycles. The molecule has 1 rings (SSSR count). The molecule has 1 saturated heterocycles. The first-order valence-electron chi connectivity index (χ1n) is 3.38. The molecule has 1 aliphatic heterocycles. The zero-order valence-corrected chi connectivity index (χ0v) is 6.05. The smallest absolute Gasteiger partial charge is 0.335 e. The van der Waals surface area contributed by atoms with Crippen LogP contribution in [0.1, 0.15) is 0 Å². The molecule has 3 N–H and O–H groups in total. The van der Waals surface area contributed by atoms with Crippen LogP contribution in [0.4, 0.5) is 4.39 Å². The number of hydrogen-bond donors (Lipinski definition) is 3. The zero-order chi connectivity index (χ0) is 9.30. The van der Waals surface area contributed by atoms with Gasteiger partial charge in [-0.05, 0) is 0 Å². The summed E-state index contributed by atoms with van der Waals surface area (Å²) in [5, 5.41) is 26.3. The van der Waals surface area contributed by atoms with Crippen LogP contribution in [0.5, 0.6) is 0 Å². The summed E-state index contributed by atoms with van der Waals surface area (Å²) >= 11 is 0. The Bertz CT molecular complexity index is 185. The molecule has 0 unspecified atom stereocenters. The molecule has 0 aliphatic carbocycles. The standard InChI is InChI=1S/C6H9FO5/c7-2-1-12-5(6(10)11)4(9)3(2)8/h2-5,8-9H,1H2,(H,10,11)/t2-,3+,4-,5+/m0/s1. The minimum absolute atomic E-state index is 0.505. The van der Waals surface area contributed by atoms with E-state index in [1.54, 1.807) is 0 Å². The van der Waals surface area contributed by atoms with Crippen LogP contribution in [0.25, 0.3) is 0 Å². The van der Waals surface area contributed by atoms with E-state index in [4.69, 9.17) is 15.3 Å². The van der Waals surface area contributed by atoms with Gasteiger partial charge in [0.1, 0.15) is 12.2 Å². The van der Waals surface area contributed by atoms with E-state index < -0.39 is 37.1 Å². The van der Waals surface area contributed by atoms with E-state index in [0.717, 1.165) is 0 Å². The first kappa shape index (κ1) is 9.37. The van der Waals surface area contributed by atoms with Crippen LogP contribution in [0.15, 0.2) is 0 Å². The van der Waals surface area contributed by atoms with Crippen LogP contribution in [0, 0.1) is 0 Å². The first-order chi connectivity index (χ1) is 5.54. The topological polar surface area (TPSA) is 87.0 Å². The number of aliphatic carboxylic acids is 1. The summed E-state index contributed by atoms with van der Waals surface area (Å²) in [5.41, 5.74) is 0. The molecule has 0 aromatic carbocycles. The number of ether oxygens (including phenoxy) is 1. The van der Waals surface area contributed by atoms with E-state index in [2.05, 4.69) is 4.74 Å². The molecule has 0 aromatic rings. The SMILES string of the molecule is O=C(O)[C@@H]1OC[C@H](F)[C@@H](O)[C@@H]1O. The summed E-state index contributed by atoms with van der Waals surface area (Å²) in [4.78, 5) is 10.3. The third-order valence-electron chi connectivity index (χ3n) is 1.71. The van der Waals surface area contributed by atoms with Gasteiger partial charge >= 0.3 is 5.97 Å². The molecule has 0 radical (unpaired) electrons. The number of halogens is 1. The van der Waals surface area contributed by atoms with Gasteiger partial charge in [-0.15, -0.1) is 0 Å². The molecule has 1 aliphatic rings. The minimum atomic E-state index is -1.73. The van der Waals surface area contributed by atoms with Crippen molar-refractivity contribution < 1.29 is 29.2 Å². The van der Waals surface area contributed by atoms with Gasteiger partial charge in [-0.1, -0.05) is 0 Å². The van der Waals surface area contributed by atoms with Crippen LogP contribution in [0.3, 0.4) is 0 Å². The second kappa shape index (κ2) is 3.34. The van der Waals surface area contributed by atoms with Crippen LogP contribution >= 0.6 is 0 Å². The average molecular weight is 180 g/mol. The summed E-state index contributed by atoms with van der Waals surface area (Å²) in [6, 6.07) is 0. The minimum Gasteiger partial charge on any atom is -0.479 e. The van der Waals surface area contributed by atoms with Crippen molar-refractivity contribution in [2.75, 3.05) is 6.61 Å². The van der Waals surface area contributed by atoms with Crippen LogP contribution in [-0.4, -0.2) is 52.4 Å². The van der Waals surface area contributed by atoms with Gasteiger partial charge in [-0.2, -0.15) is 0 Å². The first-order valence-corrected chi connectivity index (χ1v) is 3.38. The lowest BCUT2D eigenvalue weighted by atomic mass is 10.0. The molecule has 0 saturated carbocycles. The number of rotatable bonds is 1. The fourth-order valence-corrected chi connectivity index (χ4v) is 1.00. The Kier molecular flexibility index (Phi) is 2.61. The number of carbonyl (C=O) groups is 1. The number of alkyl halides is 1. The monoisotopic (exact) mass is 180 g/mol. The number of hydrogen-bond acceptors (Lipinski definition) is 4. The van der Waals surface area contributed by atoms with Gasteiger partial charge in [0.05, 0.1) is 6.61 Å². The van der Waals surface area contributed by atoms with Gasteiger partial charge in [0.2, 0.25) is 0 Å². The molecule has 4 atom stereocenters. The maximum Gasteiger partial charge on any atom is 0.335 e. The van der Waals surface area contributed by atoms with Gasteiger partial charge in [-0.25, -0.2) is 9.18 Å². The molecule has 0 bridgehead atoms. The van der Waals surface area contributed by atoms with E-state index in [9.17, 15) is 9.18 Å². The Morgan fingerprint density at radius 3 is 2.50 bits per heavy atom. The summed E-state index contributed by atoms with van der Waals surface area (Å²) in [6.45, 7) is -0.505. The van der Waals surface area contributed by atoms with E-state index in [0.29, 0.717) is 0 Å². The second-order valence-corrected chi connectivity index (χ2v) is 2.59. The van der Waals surface area contributed by atoms with Gasteiger partial charge in [0, 0.05) is 0 Å². The van der Waals surface area contributed by atoms with E-state index in [1.807, 2.05) is 0 Å². The lowest BCUT2D eigenvalue weighted by Crippen LogP contribution is -2.54. The molecule has 12 heavy (non-hydrogen) atoms. The number of carboxylic acids is 1. The Morgan fingerprint density at radius 1 is 1.42 bits per heavy atom. The van der Waals surface area contributed by atoms with Crippen LogP contribution in [0.2, 0.25) is 0 Å². The lowest BCUT2D eigenvalue weighted by molar-refractivity contribution is -0.191. The molecule has 5 nitrogen and oxygen atoms in total. The average Bonchev–Trinajstić information content (AvgIpc) is 2.00. The zero-order valence-electron chi connectivity index (χ0n) is 6.05. The quantitative estimate of drug-likeness (QED) is 0.458. The maximum atomic E-state index is 12.5. The maximum absolute atomic E-state index is 12.5. The van der Waals surface area contributed by atoms with Crippen molar-refractivity contribution in [2.24, 2.45) is 0 Å². The molecular formula is C6H9FO5. The summed E-state index contributed by atoms with van der Waals surface area (Å²) < 4.78 is 17.0. The summed E-state index contributed by atoms with van der Waals surface area (Å²) in [5.74, 6) is -1.41. The van der Waals surface area contributed by atoms with E-state index in [1.165, 1.54) is 0 Å². The van der Waals surface area contributed by atoms with Crippen molar-refractivity contribution in [1.82, 2.24) is 0 Å². The van der Waals surface area contributed by atoms with Crippen molar-refractivity contribution in [2.45, 2.75) is 24.5 Å². The number of aliphatic hydroxyl groups is 2. The fourth-order valence-electron chi connectivity index (χ4n) is 1.00. The third kappa shape index (κ3) is 1.55. The van der Waals surface area contributed by atoms with Crippen molar-refractivity contribution in [3.05, 3.63) is 0 Å². The van der Waals surface area contributed by atoms with Crippen molar-refractivity contribution >= 4 is 5.97 Å². The highest BCUT2D eigenvalue weighted by Crippen LogP contribution is 2.17. The summed E-state index contributed by atoms with van der Waals surface area (Å²) in [7, 11) is 0. The lowest BCUT2D eigenvalue weighted by Gasteiger charge is -2.31. The normalized spacial score (nSPS) is 42.6. The fraction of sp³-hybridized carbons (Fsp3) is 0.833. The Hall–Kier alpha value is -0.720. The third-order valence-corrected chi connectivity index (χ3v) is 1.71. The molecule has 70 valence electrons. The molecule has 6 heteroatoms. The Morgan fingerprint density at radius 2 is 2.00 bits per heavy atom. The van der Waals surface area contributed by atoms with Gasteiger partial charge in [0.15, 0.2) is 12.3 Å². The van der Waals surface area contributed by atoms with Crippen LogP contribution < -0.4 is 0 Å². The summed E-state index contributed by atoms with van der Waals surface area (Å²) in [6.07, 6.45) is -6.64. The molecule has 0 spiro atoms. The molecule has 0 amide bonds. The van der Waals surface area contributed by atoms with Crippen LogP contribution in [-0.2, 0) is 9.53 Å². The van der Waals surface area contributed by atoms with Crippen molar-refractivity contribution in [1.29, 1.82) is 0 Å². The van der Waals surface area contributed by atoms with Gasteiger partial charge in [-0.3, -0.25) is 0 Å². The Balaban J connectivity index is 2.65. The second-order valence-electron chi connectivity index (χ2n) is 2.59. The Labute approximate surface area is 67.4 Å². The highest BCUT2D eigenvalue weighted by Gasteiger charge is 2.42. The van der Waals surface area contributed by atoms with Crippen molar-refractivity contribution in [3.8, 4) is 0 Å². The highest BCUT2D eigenvalue weighted by atomic mass is 19.1. The molecule has 1 fully saturated rings. The van der Waals surface area contributed by atoms with E-state index in [-0.39, 0.29) is 0 Å². The van der Waals surface area contributed by atoms with Gasteiger partial charge < -0.3 is 20.1 Å². The number of carboxylic acid groups (broad SMARTS) is 1. The highest BCUT2D eigenvalue weighted by molar-refractivity contribution is 5.73. The predicted octanol–water partition coefficient (Wildman–Crippen LogP) is -1.47. The largest absolute Gasteiger partial charge is 0.479 e. The van der Waals surface area contributed by atoms with Crippen molar-refractivity contribution in [3.63, 3.8) is 0 Å².